The van der Waals surface area contributed by atoms with Crippen molar-refractivity contribution in [3.8, 4) is 0 Å². The lowest BCUT2D eigenvalue weighted by Gasteiger charge is -2.31. The molecule has 1 saturated heterocycles. The minimum absolute atomic E-state index is 0.184. The third kappa shape index (κ3) is 11.9. The van der Waals surface area contributed by atoms with Gasteiger partial charge < -0.3 is 31.7 Å². The van der Waals surface area contributed by atoms with Crippen molar-refractivity contribution in [1.29, 1.82) is 0 Å². The second-order valence-corrected chi connectivity index (χ2v) is 17.3. The molecule has 4 aromatic rings. The normalized spacial score (nSPS) is 17.6. The van der Waals surface area contributed by atoms with Gasteiger partial charge in [-0.05, 0) is 117 Å². The molecule has 0 spiro atoms. The fourth-order valence-electron chi connectivity index (χ4n) is 8.34. The fourth-order valence-corrected chi connectivity index (χ4v) is 8.72. The lowest BCUT2D eigenvalue weighted by atomic mass is 9.93. The van der Waals surface area contributed by atoms with E-state index >= 15 is 0 Å². The number of aryl methyl sites for hydroxylation is 1. The van der Waals surface area contributed by atoms with Crippen LogP contribution in [0.1, 0.15) is 91.3 Å². The number of carboxylic acid groups (broad SMARTS) is 1. The molecule has 12 heteroatoms. The molecule has 0 bridgehead atoms. The van der Waals surface area contributed by atoms with Crippen molar-refractivity contribution in [3.63, 3.8) is 0 Å². The van der Waals surface area contributed by atoms with E-state index in [0.717, 1.165) is 83.5 Å². The number of carbonyl (C=O) groups excluding carboxylic acids is 4. The maximum Gasteiger partial charge on any atom is 0.329 e. The number of nitrogens with one attached hydrogen (secondary N) is 5. The van der Waals surface area contributed by atoms with Gasteiger partial charge in [0, 0.05) is 29.1 Å². The number of carboxylic acids is 1. The maximum atomic E-state index is 13.9. The molecule has 3 aliphatic rings. The van der Waals surface area contributed by atoms with E-state index in [0.29, 0.717) is 50.1 Å². The van der Waals surface area contributed by atoms with Crippen LogP contribution in [0.25, 0.3) is 16.8 Å². The summed E-state index contributed by atoms with van der Waals surface area (Å²) in [7, 11) is 0. The standard InChI is InChI=1S/C32H37BrN4O3.C16H19NO3/c33-27-11-10-24-19-26(9-8-25(24)20-27)29(38)37-32(14-4-5-15-32)31(40)36-28(18-22-6-2-1-3-7-22)30(39)35-21-23-12-16-34-17-13-23;1-12-4-6-13(7-5-12)8-9-14(18)17-16(15(19)20)10-2-3-11-16/h1-3,6-11,19-20,23,28,34H,4-5,12-18,21H2,(H,35,39)(H,36,40)(H,37,38);4-9H,2-3,10-11H2,1H3,(H,17,18)(H,19,20)/t28-;/m1./s1. The van der Waals surface area contributed by atoms with Crippen LogP contribution < -0.4 is 26.6 Å². The van der Waals surface area contributed by atoms with E-state index in [1.165, 1.54) is 6.08 Å². The molecule has 7 rings (SSSR count). The van der Waals surface area contributed by atoms with Gasteiger partial charge in [-0.3, -0.25) is 19.2 Å². The van der Waals surface area contributed by atoms with Gasteiger partial charge in [0.25, 0.3) is 5.91 Å². The number of aliphatic carboxylic acids is 1. The number of fused-ring (bicyclic) bond motifs is 1. The first kappa shape index (κ1) is 44.2. The predicted molar refractivity (Wildman–Crippen MR) is 238 cm³/mol. The predicted octanol–water partition coefficient (Wildman–Crippen LogP) is 7.01. The fraction of sp³-hybridized carbons (Fsp3) is 0.396. The van der Waals surface area contributed by atoms with Crippen LogP contribution in [0.4, 0.5) is 0 Å². The number of piperidine rings is 1. The first-order valence-corrected chi connectivity index (χ1v) is 21.9. The Balaban J connectivity index is 0.000000253. The zero-order valence-electron chi connectivity index (χ0n) is 34.2. The highest BCUT2D eigenvalue weighted by Gasteiger charge is 2.44. The van der Waals surface area contributed by atoms with Gasteiger partial charge in [-0.1, -0.05) is 114 Å². The summed E-state index contributed by atoms with van der Waals surface area (Å²) in [6.45, 7) is 4.52. The summed E-state index contributed by atoms with van der Waals surface area (Å²) in [6.07, 6.45) is 11.0. The monoisotopic (exact) mass is 877 g/mol. The summed E-state index contributed by atoms with van der Waals surface area (Å²) in [6, 6.07) is 28.2. The van der Waals surface area contributed by atoms with Crippen LogP contribution in [-0.4, -0.2) is 71.5 Å². The molecule has 4 amide bonds. The summed E-state index contributed by atoms with van der Waals surface area (Å²) in [4.78, 5) is 63.9. The van der Waals surface area contributed by atoms with E-state index in [2.05, 4.69) is 42.5 Å². The zero-order chi connectivity index (χ0) is 42.5. The Morgan fingerprint density at radius 3 is 2.10 bits per heavy atom. The van der Waals surface area contributed by atoms with Gasteiger partial charge in [0.2, 0.25) is 17.7 Å². The van der Waals surface area contributed by atoms with Crippen LogP contribution in [0.15, 0.2) is 102 Å². The van der Waals surface area contributed by atoms with Gasteiger partial charge in [-0.2, -0.15) is 0 Å². The van der Waals surface area contributed by atoms with Crippen LogP contribution in [0, 0.1) is 12.8 Å². The van der Waals surface area contributed by atoms with E-state index in [9.17, 15) is 29.1 Å². The summed E-state index contributed by atoms with van der Waals surface area (Å²) in [5, 5.41) is 26.5. The number of amides is 4. The van der Waals surface area contributed by atoms with Crippen LogP contribution in [0.5, 0.6) is 0 Å². The summed E-state index contributed by atoms with van der Waals surface area (Å²) >= 11 is 3.49. The summed E-state index contributed by atoms with van der Waals surface area (Å²) < 4.78 is 0.976. The number of hydrogen-bond acceptors (Lipinski definition) is 6. The molecule has 2 saturated carbocycles. The van der Waals surface area contributed by atoms with Gasteiger partial charge in [0.05, 0.1) is 0 Å². The lowest BCUT2D eigenvalue weighted by Crippen LogP contribution is -2.61. The molecule has 11 nitrogen and oxygen atoms in total. The van der Waals surface area contributed by atoms with Crippen molar-refractivity contribution >= 4 is 62.4 Å². The van der Waals surface area contributed by atoms with E-state index < -0.39 is 23.1 Å². The molecule has 0 radical (unpaired) electrons. The Morgan fingerprint density at radius 2 is 1.43 bits per heavy atom. The van der Waals surface area contributed by atoms with Crippen LogP contribution in [0.3, 0.4) is 0 Å². The number of halogens is 1. The summed E-state index contributed by atoms with van der Waals surface area (Å²) in [5.74, 6) is -1.61. The minimum Gasteiger partial charge on any atom is -0.480 e. The van der Waals surface area contributed by atoms with Gasteiger partial charge >= 0.3 is 5.97 Å². The van der Waals surface area contributed by atoms with E-state index in [1.54, 1.807) is 12.1 Å². The third-order valence-electron chi connectivity index (χ3n) is 12.0. The minimum atomic E-state index is -1.07. The topological polar surface area (TPSA) is 166 Å². The number of hydrogen-bond donors (Lipinski definition) is 6. The second-order valence-electron chi connectivity index (χ2n) is 16.4. The van der Waals surface area contributed by atoms with Crippen LogP contribution >= 0.6 is 15.9 Å². The number of carbonyl (C=O) groups is 5. The first-order chi connectivity index (χ1) is 28.9. The molecule has 2 aliphatic carbocycles. The molecule has 6 N–H and O–H groups in total. The first-order valence-electron chi connectivity index (χ1n) is 21.1. The van der Waals surface area contributed by atoms with E-state index in [1.807, 2.05) is 91.9 Å². The van der Waals surface area contributed by atoms with Crippen molar-refractivity contribution in [1.82, 2.24) is 26.6 Å². The van der Waals surface area contributed by atoms with Crippen molar-refractivity contribution in [3.05, 3.63) is 124 Å². The van der Waals surface area contributed by atoms with Crippen LogP contribution in [-0.2, 0) is 25.6 Å². The molecule has 1 heterocycles. The average Bonchev–Trinajstić information content (AvgIpc) is 3.95. The highest BCUT2D eigenvalue weighted by atomic mass is 79.9. The van der Waals surface area contributed by atoms with Crippen molar-refractivity contribution in [2.45, 2.75) is 94.7 Å². The Hall–Kier alpha value is -5.33. The molecule has 0 aromatic heterocycles. The van der Waals surface area contributed by atoms with E-state index in [-0.39, 0.29) is 23.6 Å². The Kier molecular flexibility index (Phi) is 15.3. The molecule has 316 valence electrons. The summed E-state index contributed by atoms with van der Waals surface area (Å²) in [5.41, 5.74) is 1.43. The van der Waals surface area contributed by atoms with Gasteiger partial charge in [-0.15, -0.1) is 0 Å². The van der Waals surface area contributed by atoms with Crippen molar-refractivity contribution in [2.24, 2.45) is 5.92 Å². The molecule has 0 unspecified atom stereocenters. The molecule has 4 aromatic carbocycles. The maximum absolute atomic E-state index is 13.9. The smallest absolute Gasteiger partial charge is 0.329 e. The Morgan fingerprint density at radius 1 is 0.800 bits per heavy atom. The molecule has 1 atom stereocenters. The quantitative estimate of drug-likeness (QED) is 0.0787. The lowest BCUT2D eigenvalue weighted by molar-refractivity contribution is -0.146. The SMILES string of the molecule is Cc1ccc(C=CC(=O)NC2(C(=O)O)CCCC2)cc1.O=C(NC1(C(=O)N[C@H](Cc2ccccc2)C(=O)NCC2CCNCC2)CCCC1)c1ccc2cc(Br)ccc2c1. The number of benzene rings is 4. The van der Waals surface area contributed by atoms with Crippen LogP contribution in [0.2, 0.25) is 0 Å². The van der Waals surface area contributed by atoms with Gasteiger partial charge in [-0.25, -0.2) is 4.79 Å². The molecule has 60 heavy (non-hydrogen) atoms. The Labute approximate surface area is 360 Å². The third-order valence-corrected chi connectivity index (χ3v) is 12.5. The van der Waals surface area contributed by atoms with E-state index in [4.69, 9.17) is 0 Å². The Bertz CT molecular complexity index is 2160. The largest absolute Gasteiger partial charge is 0.480 e. The average molecular weight is 879 g/mol. The van der Waals surface area contributed by atoms with Gasteiger partial charge in [0.15, 0.2) is 0 Å². The highest BCUT2D eigenvalue weighted by molar-refractivity contribution is 9.10. The van der Waals surface area contributed by atoms with Crippen molar-refractivity contribution in [2.75, 3.05) is 19.6 Å². The second kappa shape index (κ2) is 20.8. The zero-order valence-corrected chi connectivity index (χ0v) is 35.8. The van der Waals surface area contributed by atoms with Gasteiger partial charge in [0.1, 0.15) is 17.1 Å². The highest BCUT2D eigenvalue weighted by Crippen LogP contribution is 2.32. The van der Waals surface area contributed by atoms with Crippen molar-refractivity contribution < 1.29 is 29.1 Å². The molecule has 1 aliphatic heterocycles. The molecule has 3 fully saturated rings. The number of rotatable bonds is 13. The molecular formula is C48H56BrN5O6. The molecular weight excluding hydrogens is 822 g/mol.